The Labute approximate surface area is 174 Å². The Balaban J connectivity index is 1.53. The lowest BCUT2D eigenvalue weighted by atomic mass is 9.97. The average molecular weight is 410 g/mol. The number of nitrogens with zero attached hydrogens (tertiary/aromatic N) is 2. The number of aromatic nitrogens is 1. The predicted molar refractivity (Wildman–Crippen MR) is 114 cm³/mol. The van der Waals surface area contributed by atoms with Gasteiger partial charge in [-0.1, -0.05) is 23.4 Å². The summed E-state index contributed by atoms with van der Waals surface area (Å²) in [6.07, 6.45) is 1.91. The third-order valence-corrected chi connectivity index (χ3v) is 5.24. The highest BCUT2D eigenvalue weighted by Gasteiger charge is 2.14. The van der Waals surface area contributed by atoms with Crippen molar-refractivity contribution in [3.63, 3.8) is 0 Å². The van der Waals surface area contributed by atoms with Crippen LogP contribution in [0.3, 0.4) is 0 Å². The van der Waals surface area contributed by atoms with Crippen molar-refractivity contribution in [2.75, 3.05) is 44.7 Å². The number of nitrogens with two attached hydrogens (primary N) is 1. The number of benzene rings is 2. The Morgan fingerprint density at radius 3 is 2.93 bits per heavy atom. The molecule has 1 aromatic heterocycles. The van der Waals surface area contributed by atoms with Gasteiger partial charge in [-0.3, -0.25) is 4.90 Å². The number of anilines is 1. The molecule has 2 heterocycles. The fraction of sp³-hybridized carbons (Fsp3) is 0.364. The molecule has 0 unspecified atom stereocenters. The summed E-state index contributed by atoms with van der Waals surface area (Å²) in [5.74, 6) is 0. The van der Waals surface area contributed by atoms with Crippen LogP contribution in [0, 0.1) is 0 Å². The highest BCUT2D eigenvalue weighted by Crippen LogP contribution is 2.34. The van der Waals surface area contributed by atoms with E-state index in [0.29, 0.717) is 5.58 Å². The topological polar surface area (TPSA) is 103 Å². The van der Waals surface area contributed by atoms with Gasteiger partial charge in [0.1, 0.15) is 6.61 Å². The molecule has 1 fully saturated rings. The van der Waals surface area contributed by atoms with Crippen LogP contribution in [-0.2, 0) is 16.1 Å². The Morgan fingerprint density at radius 1 is 1.23 bits per heavy atom. The highest BCUT2D eigenvalue weighted by atomic mass is 16.5. The number of primary amides is 1. The second kappa shape index (κ2) is 9.60. The number of rotatable bonds is 8. The van der Waals surface area contributed by atoms with Crippen molar-refractivity contribution in [1.82, 2.24) is 10.1 Å². The van der Waals surface area contributed by atoms with Crippen molar-refractivity contribution in [2.45, 2.75) is 13.0 Å². The molecule has 158 valence electrons. The van der Waals surface area contributed by atoms with Crippen LogP contribution in [0.4, 0.5) is 10.5 Å². The van der Waals surface area contributed by atoms with Gasteiger partial charge in [-0.2, -0.15) is 0 Å². The summed E-state index contributed by atoms with van der Waals surface area (Å²) < 4.78 is 15.8. The molecule has 0 saturated carbocycles. The highest BCUT2D eigenvalue weighted by molar-refractivity contribution is 5.88. The summed E-state index contributed by atoms with van der Waals surface area (Å²) in [7, 11) is 0. The summed E-state index contributed by atoms with van der Waals surface area (Å²) in [6.45, 7) is 5.55. The quantitative estimate of drug-likeness (QED) is 0.550. The predicted octanol–water partition coefficient (Wildman–Crippen LogP) is 3.22. The van der Waals surface area contributed by atoms with Gasteiger partial charge in [0.25, 0.3) is 0 Å². The number of nitrogens with one attached hydrogen (secondary N) is 1. The fourth-order valence-corrected chi connectivity index (χ4v) is 3.72. The summed E-state index contributed by atoms with van der Waals surface area (Å²) in [6, 6.07) is 11.8. The first-order valence-electron chi connectivity index (χ1n) is 10.1. The molecule has 0 spiro atoms. The maximum absolute atomic E-state index is 11.2. The van der Waals surface area contributed by atoms with Crippen molar-refractivity contribution in [3.05, 3.63) is 48.2 Å². The molecule has 8 nitrogen and oxygen atoms in total. The van der Waals surface area contributed by atoms with E-state index < -0.39 is 6.09 Å². The number of morpholine rings is 1. The molecule has 1 aliphatic rings. The molecular formula is C22H26N4O4. The fourth-order valence-electron chi connectivity index (χ4n) is 3.72. The Bertz CT molecular complexity index is 998. The monoisotopic (exact) mass is 410 g/mol. The third-order valence-electron chi connectivity index (χ3n) is 5.24. The first-order valence-corrected chi connectivity index (χ1v) is 10.1. The Kier molecular flexibility index (Phi) is 6.46. The molecular weight excluding hydrogens is 384 g/mol. The minimum absolute atomic E-state index is 0.0996. The van der Waals surface area contributed by atoms with Gasteiger partial charge in [-0.15, -0.1) is 0 Å². The zero-order valence-electron chi connectivity index (χ0n) is 16.8. The molecule has 1 aliphatic heterocycles. The first kappa shape index (κ1) is 20.2. The van der Waals surface area contributed by atoms with Crippen LogP contribution in [0.15, 0.2) is 47.1 Å². The number of fused-ring (bicyclic) bond motifs is 1. The van der Waals surface area contributed by atoms with E-state index in [9.17, 15) is 4.79 Å². The molecule has 1 saturated heterocycles. The van der Waals surface area contributed by atoms with Gasteiger partial charge >= 0.3 is 6.09 Å². The van der Waals surface area contributed by atoms with E-state index in [2.05, 4.69) is 15.4 Å². The number of ether oxygens (including phenoxy) is 2. The van der Waals surface area contributed by atoms with E-state index in [-0.39, 0.29) is 6.61 Å². The van der Waals surface area contributed by atoms with Crippen LogP contribution >= 0.6 is 0 Å². The SMILES string of the molecule is NC(=O)OCc1cccc(NCCCN2CCOCC2)c1-c1ccc2cnoc2c1. The zero-order valence-corrected chi connectivity index (χ0v) is 16.8. The molecule has 0 atom stereocenters. The third kappa shape index (κ3) is 4.90. The molecule has 0 aliphatic carbocycles. The van der Waals surface area contributed by atoms with Crippen molar-refractivity contribution in [1.29, 1.82) is 0 Å². The van der Waals surface area contributed by atoms with E-state index in [0.717, 1.165) is 73.6 Å². The van der Waals surface area contributed by atoms with Gasteiger partial charge in [0.15, 0.2) is 5.58 Å². The molecule has 2 aromatic carbocycles. The molecule has 1 amide bonds. The van der Waals surface area contributed by atoms with Crippen LogP contribution in [-0.4, -0.2) is 55.5 Å². The van der Waals surface area contributed by atoms with Gasteiger partial charge in [0.2, 0.25) is 0 Å². The number of carbonyl (C=O) groups excluding carboxylic acids is 1. The lowest BCUT2D eigenvalue weighted by Crippen LogP contribution is -2.37. The second-order valence-electron chi connectivity index (χ2n) is 7.26. The lowest BCUT2D eigenvalue weighted by Gasteiger charge is -2.26. The second-order valence-corrected chi connectivity index (χ2v) is 7.26. The van der Waals surface area contributed by atoms with E-state index in [1.807, 2.05) is 36.4 Å². The number of hydrogen-bond acceptors (Lipinski definition) is 7. The van der Waals surface area contributed by atoms with Crippen LogP contribution in [0.1, 0.15) is 12.0 Å². The minimum Gasteiger partial charge on any atom is -0.445 e. The van der Waals surface area contributed by atoms with E-state index in [1.165, 1.54) is 0 Å². The van der Waals surface area contributed by atoms with Crippen molar-refractivity contribution in [2.24, 2.45) is 5.73 Å². The molecule has 30 heavy (non-hydrogen) atoms. The Hall–Kier alpha value is -3.10. The van der Waals surface area contributed by atoms with E-state index in [1.54, 1.807) is 6.20 Å². The molecule has 0 bridgehead atoms. The summed E-state index contributed by atoms with van der Waals surface area (Å²) in [5.41, 5.74) is 9.65. The molecule has 8 heteroatoms. The zero-order chi connectivity index (χ0) is 20.8. The molecule has 4 rings (SSSR count). The van der Waals surface area contributed by atoms with Gasteiger partial charge in [0.05, 0.1) is 19.4 Å². The average Bonchev–Trinajstić information content (AvgIpc) is 3.24. The number of hydrogen-bond donors (Lipinski definition) is 2. The number of carbonyl (C=O) groups is 1. The van der Waals surface area contributed by atoms with Crippen molar-refractivity contribution < 1.29 is 18.8 Å². The van der Waals surface area contributed by atoms with Crippen LogP contribution < -0.4 is 11.1 Å². The van der Waals surface area contributed by atoms with Crippen LogP contribution in [0.25, 0.3) is 22.1 Å². The first-order chi connectivity index (χ1) is 14.7. The smallest absolute Gasteiger partial charge is 0.404 e. The largest absolute Gasteiger partial charge is 0.445 e. The number of amides is 1. The maximum Gasteiger partial charge on any atom is 0.404 e. The summed E-state index contributed by atoms with van der Waals surface area (Å²) >= 11 is 0. The standard InChI is InChI=1S/C22H26N4O4/c23-22(27)29-15-18-3-1-4-19(24-7-2-8-26-9-11-28-12-10-26)21(18)16-5-6-17-14-25-30-20(17)13-16/h1,3-6,13-14,24H,2,7-12,15H2,(H2,23,27). The van der Waals surface area contributed by atoms with E-state index >= 15 is 0 Å². The lowest BCUT2D eigenvalue weighted by molar-refractivity contribution is 0.0378. The van der Waals surface area contributed by atoms with Gasteiger partial charge < -0.3 is 25.0 Å². The van der Waals surface area contributed by atoms with Gasteiger partial charge in [0, 0.05) is 36.3 Å². The minimum atomic E-state index is -0.796. The normalized spacial score (nSPS) is 14.7. The molecule has 3 N–H and O–H groups in total. The molecule has 0 radical (unpaired) electrons. The van der Waals surface area contributed by atoms with Crippen molar-refractivity contribution >= 4 is 22.7 Å². The molecule has 3 aromatic rings. The van der Waals surface area contributed by atoms with Crippen LogP contribution in [0.5, 0.6) is 0 Å². The maximum atomic E-state index is 11.2. The van der Waals surface area contributed by atoms with Gasteiger partial charge in [-0.05, 0) is 42.3 Å². The Morgan fingerprint density at radius 2 is 2.10 bits per heavy atom. The van der Waals surface area contributed by atoms with Crippen LogP contribution in [0.2, 0.25) is 0 Å². The van der Waals surface area contributed by atoms with Gasteiger partial charge in [-0.25, -0.2) is 4.79 Å². The van der Waals surface area contributed by atoms with Crippen molar-refractivity contribution in [3.8, 4) is 11.1 Å². The summed E-state index contributed by atoms with van der Waals surface area (Å²) in [5, 5.41) is 8.34. The summed E-state index contributed by atoms with van der Waals surface area (Å²) in [4.78, 5) is 13.6. The van der Waals surface area contributed by atoms with E-state index in [4.69, 9.17) is 19.7 Å².